The van der Waals surface area contributed by atoms with Gasteiger partial charge in [0.1, 0.15) is 35.1 Å². The molecule has 0 bridgehead atoms. The molecular formula is C37H49FN6O8S. The van der Waals surface area contributed by atoms with Crippen molar-refractivity contribution in [1.82, 2.24) is 30.2 Å². The number of hydrogen-bond acceptors (Lipinski definition) is 10. The lowest BCUT2D eigenvalue weighted by Gasteiger charge is -2.33. The van der Waals surface area contributed by atoms with Crippen LogP contribution in [-0.4, -0.2) is 87.7 Å². The zero-order chi connectivity index (χ0) is 38.5. The van der Waals surface area contributed by atoms with Crippen molar-refractivity contribution in [2.24, 2.45) is 17.8 Å². The first-order chi connectivity index (χ1) is 24.8. The van der Waals surface area contributed by atoms with E-state index in [1.165, 1.54) is 29.3 Å². The van der Waals surface area contributed by atoms with Crippen LogP contribution in [0.5, 0.6) is 5.88 Å². The lowest BCUT2D eigenvalue weighted by molar-refractivity contribution is -0.142. The molecule has 4 amide bonds. The summed E-state index contributed by atoms with van der Waals surface area (Å²) < 4.78 is 53.1. The van der Waals surface area contributed by atoms with E-state index >= 15 is 0 Å². The Hall–Kier alpha value is -4.34. The topological polar surface area (TPSA) is 186 Å². The maximum Gasteiger partial charge on any atom is 0.408 e. The molecule has 1 aromatic heterocycles. The Balaban J connectivity index is 1.33. The number of aromatic nitrogens is 2. The van der Waals surface area contributed by atoms with Crippen LogP contribution in [-0.2, 0) is 29.1 Å². The predicted molar refractivity (Wildman–Crippen MR) is 192 cm³/mol. The van der Waals surface area contributed by atoms with Gasteiger partial charge in [0.25, 0.3) is 5.91 Å². The number of rotatable bonds is 6. The minimum absolute atomic E-state index is 0.0288. The van der Waals surface area contributed by atoms with Crippen LogP contribution in [0.25, 0.3) is 11.0 Å². The molecule has 2 aliphatic carbocycles. The van der Waals surface area contributed by atoms with Gasteiger partial charge in [0.05, 0.1) is 28.5 Å². The van der Waals surface area contributed by atoms with E-state index in [2.05, 4.69) is 32.2 Å². The van der Waals surface area contributed by atoms with Gasteiger partial charge in [-0.15, -0.1) is 0 Å². The second-order valence-electron chi connectivity index (χ2n) is 16.4. The second kappa shape index (κ2) is 14.1. The number of sulfonamides is 1. The molecule has 2 aromatic rings. The largest absolute Gasteiger partial charge is 0.471 e. The zero-order valence-corrected chi connectivity index (χ0v) is 31.8. The number of fused-ring (bicyclic) bond motifs is 3. The Labute approximate surface area is 309 Å². The Bertz CT molecular complexity index is 1930. The number of alkyl carbamates (subject to hydrolysis) is 1. The quantitative estimate of drug-likeness (QED) is 0.365. The highest BCUT2D eigenvalue weighted by atomic mass is 32.2. The van der Waals surface area contributed by atoms with Crippen LogP contribution >= 0.6 is 0 Å². The number of halogens is 1. The number of amides is 4. The smallest absolute Gasteiger partial charge is 0.408 e. The minimum atomic E-state index is -4.01. The lowest BCUT2D eigenvalue weighted by Crippen LogP contribution is -2.59. The molecule has 0 spiro atoms. The highest BCUT2D eigenvalue weighted by molar-refractivity contribution is 7.91. The first-order valence-electron chi connectivity index (χ1n) is 18.2. The molecule has 0 radical (unpaired) electrons. The summed E-state index contributed by atoms with van der Waals surface area (Å²) in [5, 5.41) is 5.61. The van der Waals surface area contributed by atoms with Gasteiger partial charge in [-0.1, -0.05) is 26.0 Å². The van der Waals surface area contributed by atoms with Gasteiger partial charge in [-0.05, 0) is 90.2 Å². The van der Waals surface area contributed by atoms with Gasteiger partial charge in [-0.2, -0.15) is 0 Å². The average molecular weight is 757 g/mol. The Kier molecular flexibility index (Phi) is 10.2. The molecule has 4 aliphatic rings. The third-order valence-electron chi connectivity index (χ3n) is 10.7. The van der Waals surface area contributed by atoms with Crippen LogP contribution in [0.4, 0.5) is 9.18 Å². The summed E-state index contributed by atoms with van der Waals surface area (Å²) in [5.74, 6) is -3.21. The summed E-state index contributed by atoms with van der Waals surface area (Å²) >= 11 is 0. The molecule has 53 heavy (non-hydrogen) atoms. The first kappa shape index (κ1) is 38.4. The van der Waals surface area contributed by atoms with E-state index in [0.29, 0.717) is 31.2 Å². The number of nitrogens with one attached hydrogen (secondary N) is 3. The summed E-state index contributed by atoms with van der Waals surface area (Å²) in [6.45, 7) is 10.5. The van der Waals surface area contributed by atoms with Crippen LogP contribution in [0, 0.1) is 23.6 Å². The monoisotopic (exact) mass is 756 g/mol. The van der Waals surface area contributed by atoms with Crippen molar-refractivity contribution in [3.05, 3.63) is 42.4 Å². The summed E-state index contributed by atoms with van der Waals surface area (Å²) in [4.78, 5) is 65.9. The minimum Gasteiger partial charge on any atom is -0.471 e. The third kappa shape index (κ3) is 8.42. The van der Waals surface area contributed by atoms with Crippen molar-refractivity contribution in [2.45, 2.75) is 121 Å². The van der Waals surface area contributed by atoms with Crippen molar-refractivity contribution in [1.29, 1.82) is 0 Å². The van der Waals surface area contributed by atoms with Crippen molar-refractivity contribution >= 4 is 44.9 Å². The number of nitrogens with zero attached hydrogens (tertiary/aromatic N) is 3. The van der Waals surface area contributed by atoms with Crippen LogP contribution in [0.2, 0.25) is 0 Å². The molecule has 3 fully saturated rings. The summed E-state index contributed by atoms with van der Waals surface area (Å²) in [5.41, 5.74) is -1.69. The normalized spacial score (nSPS) is 30.8. The van der Waals surface area contributed by atoms with Gasteiger partial charge in [0, 0.05) is 18.4 Å². The van der Waals surface area contributed by atoms with Crippen LogP contribution in [0.15, 0.2) is 36.5 Å². The molecule has 6 rings (SSSR count). The maximum atomic E-state index is 14.6. The second-order valence-corrected chi connectivity index (χ2v) is 18.6. The molecule has 7 atom stereocenters. The average Bonchev–Trinajstić information content (AvgIpc) is 3.94. The fraction of sp³-hybridized carbons (Fsp3) is 0.622. The molecule has 2 unspecified atom stereocenters. The van der Waals surface area contributed by atoms with Crippen molar-refractivity contribution < 1.29 is 41.5 Å². The molecule has 3 heterocycles. The van der Waals surface area contributed by atoms with E-state index in [4.69, 9.17) is 9.47 Å². The zero-order valence-electron chi connectivity index (χ0n) is 31.0. The van der Waals surface area contributed by atoms with Gasteiger partial charge in [-0.3, -0.25) is 19.1 Å². The molecule has 3 N–H and O–H groups in total. The number of carbonyl (C=O) groups is 4. The van der Waals surface area contributed by atoms with Crippen molar-refractivity contribution in [2.75, 3.05) is 6.54 Å². The van der Waals surface area contributed by atoms with Gasteiger partial charge in [0.15, 0.2) is 0 Å². The molecule has 2 aliphatic heterocycles. The van der Waals surface area contributed by atoms with E-state index < -0.39 is 79.6 Å². The van der Waals surface area contributed by atoms with Crippen LogP contribution in [0.1, 0.15) is 86.5 Å². The molecule has 14 nitrogen and oxygen atoms in total. The lowest BCUT2D eigenvalue weighted by atomic mass is 9.88. The first-order valence-corrected chi connectivity index (χ1v) is 19.7. The van der Waals surface area contributed by atoms with Crippen LogP contribution < -0.4 is 20.1 Å². The fourth-order valence-corrected chi connectivity index (χ4v) is 8.54. The number of ether oxygens (including phenoxy) is 2. The van der Waals surface area contributed by atoms with Gasteiger partial charge in [-0.25, -0.2) is 27.6 Å². The van der Waals surface area contributed by atoms with Gasteiger partial charge >= 0.3 is 6.09 Å². The van der Waals surface area contributed by atoms with Crippen molar-refractivity contribution in [3.63, 3.8) is 0 Å². The Morgan fingerprint density at radius 1 is 1.11 bits per heavy atom. The Morgan fingerprint density at radius 3 is 2.55 bits per heavy atom. The number of benzene rings is 1. The van der Waals surface area contributed by atoms with E-state index in [9.17, 15) is 32.0 Å². The molecular weight excluding hydrogens is 708 g/mol. The van der Waals surface area contributed by atoms with Gasteiger partial charge < -0.3 is 25.0 Å². The fourth-order valence-electron chi connectivity index (χ4n) is 7.23. The number of carbonyl (C=O) groups excluding carboxylic acids is 4. The molecule has 288 valence electrons. The molecule has 16 heteroatoms. The highest BCUT2D eigenvalue weighted by Crippen LogP contribution is 2.47. The summed E-state index contributed by atoms with van der Waals surface area (Å²) in [6.07, 6.45) is 6.54. The molecule has 1 aromatic carbocycles. The number of allylic oxidation sites excluding steroid dienone is 1. The van der Waals surface area contributed by atoms with E-state index in [-0.39, 0.29) is 42.6 Å². The maximum absolute atomic E-state index is 14.6. The van der Waals surface area contributed by atoms with E-state index in [1.54, 1.807) is 27.7 Å². The molecule has 1 saturated heterocycles. The standard InChI is InChI=1S/C37H49FN6O8S/c1-21-9-7-8-10-23-18-37(23,33(47)43-53(49,50)36(6)13-14-36)42-31(45)28-17-25(51-29-19-39-26-12-11-24(38)16-27(26)40-29)20-44(28)32(46)30(22(2)15-21)41-34(48)52-35(3,4)5/h8,10-12,16,19,21-23,25,28,30H,7,9,13-15,17-18,20H2,1-6H3,(H,41,48)(H,42,45)(H,43,47)/b10-8-/t21-,22-,23?,25-,28+,30+,37?/m1/s1. The van der Waals surface area contributed by atoms with Crippen LogP contribution in [0.3, 0.4) is 0 Å². The SMILES string of the molecule is C[C@@H]1CC/C=C\C2CC2(C(=O)NS(=O)(=O)C2(C)CC2)NC(=O)[C@@H]2C[C@@H](Oc3cnc4ccc(F)cc4n3)CN2C(=O)[C@@H](NC(=O)OC(C)(C)C)[C@H](C)C1. The summed E-state index contributed by atoms with van der Waals surface area (Å²) in [7, 11) is -4.01. The van der Waals surface area contributed by atoms with Crippen molar-refractivity contribution in [3.8, 4) is 5.88 Å². The predicted octanol–water partition coefficient (Wildman–Crippen LogP) is 3.90. The number of hydrogen-bond donors (Lipinski definition) is 3. The third-order valence-corrected chi connectivity index (χ3v) is 12.9. The van der Waals surface area contributed by atoms with E-state index in [1.807, 2.05) is 19.1 Å². The molecule has 2 saturated carbocycles. The van der Waals surface area contributed by atoms with E-state index in [0.717, 1.165) is 6.42 Å². The highest BCUT2D eigenvalue weighted by Gasteiger charge is 2.63. The van der Waals surface area contributed by atoms with Gasteiger partial charge in [0.2, 0.25) is 27.7 Å². The summed E-state index contributed by atoms with van der Waals surface area (Å²) in [6, 6.07) is 1.71. The Morgan fingerprint density at radius 2 is 1.85 bits per heavy atom.